The summed E-state index contributed by atoms with van der Waals surface area (Å²) in [6.45, 7) is 0. The van der Waals surface area contributed by atoms with Gasteiger partial charge in [-0.3, -0.25) is 0 Å². The van der Waals surface area contributed by atoms with Crippen LogP contribution >= 0.6 is 0 Å². The average Bonchev–Trinajstić information content (AvgIpc) is 1.25. The van der Waals surface area contributed by atoms with Crippen LogP contribution < -0.4 is 69.3 Å². The van der Waals surface area contributed by atoms with Crippen molar-refractivity contribution in [2.45, 2.75) is 0 Å². The fourth-order valence-electron chi connectivity index (χ4n) is 0. The second-order valence-corrected chi connectivity index (χ2v) is 0.596. The second kappa shape index (κ2) is 16.7. The topological polar surface area (TPSA) is 124 Å². The van der Waals surface area contributed by atoms with Gasteiger partial charge in [0.15, 0.2) is 0 Å². The Hall–Kier alpha value is 1.21. The quantitative estimate of drug-likeness (QED) is 0.308. The van der Waals surface area contributed by atoms with E-state index in [1.165, 1.54) is 0 Å². The van der Waals surface area contributed by atoms with Crippen LogP contribution in [0.3, 0.4) is 0 Å². The van der Waals surface area contributed by atoms with Crippen LogP contribution in [0, 0.1) is 0 Å². The Bertz CT molecular complexity index is 60.0. The van der Waals surface area contributed by atoms with Crippen LogP contribution in [0.4, 0.5) is 4.79 Å². The van der Waals surface area contributed by atoms with Crippen molar-refractivity contribution in [3.8, 4) is 0 Å². The van der Waals surface area contributed by atoms with Crippen molar-refractivity contribution in [2.75, 3.05) is 0 Å². The molecule has 10 heavy (non-hydrogen) atoms. The SMILES string of the molecule is O=C([O-])[O-].OB(O)O.[Na+].[Na+]. The number of carboxylic acid groups (broad SMARTS) is 2. The number of hydrogen-bond donors (Lipinski definition) is 3. The largest absolute Gasteiger partial charge is 1.00 e. The molecule has 0 fully saturated rings. The maximum atomic E-state index is 8.33. The van der Waals surface area contributed by atoms with E-state index >= 15 is 0 Å². The zero-order valence-electron chi connectivity index (χ0n) is 5.64. The predicted molar refractivity (Wildman–Crippen MR) is 17.8 cm³/mol. The van der Waals surface area contributed by atoms with Gasteiger partial charge in [-0.15, -0.1) is 0 Å². The van der Waals surface area contributed by atoms with Gasteiger partial charge in [-0.25, -0.2) is 0 Å². The first kappa shape index (κ1) is 22.5. The number of hydrogen-bond acceptors (Lipinski definition) is 6. The van der Waals surface area contributed by atoms with Crippen LogP contribution in [-0.2, 0) is 0 Å². The summed E-state index contributed by atoms with van der Waals surface area (Å²) in [5.74, 6) is 0. The molecule has 0 saturated heterocycles. The van der Waals surface area contributed by atoms with Gasteiger partial charge in [-0.1, -0.05) is 0 Å². The summed E-state index contributed by atoms with van der Waals surface area (Å²) >= 11 is 0. The molecule has 0 atom stereocenters. The van der Waals surface area contributed by atoms with Crippen LogP contribution in [0.5, 0.6) is 0 Å². The van der Waals surface area contributed by atoms with Gasteiger partial charge in [0, 0.05) is 0 Å². The molecule has 0 radical (unpaired) electrons. The Morgan fingerprint density at radius 2 is 1.10 bits per heavy atom. The molecule has 0 rings (SSSR count). The molecule has 0 aliphatic rings. The van der Waals surface area contributed by atoms with Crippen molar-refractivity contribution in [3.63, 3.8) is 0 Å². The minimum Gasteiger partial charge on any atom is -0.652 e. The molecule has 0 saturated carbocycles. The monoisotopic (exact) mass is 168 g/mol. The molecular formula is CH3BNa2O6. The Labute approximate surface area is 102 Å². The molecule has 0 aliphatic carbocycles. The van der Waals surface area contributed by atoms with Gasteiger partial charge in [0.25, 0.3) is 0 Å². The van der Waals surface area contributed by atoms with Gasteiger partial charge in [0.2, 0.25) is 0 Å². The first-order valence-electron chi connectivity index (χ1n) is 1.39. The van der Waals surface area contributed by atoms with E-state index in [-0.39, 0.29) is 59.1 Å². The van der Waals surface area contributed by atoms with Crippen molar-refractivity contribution < 1.29 is 89.2 Å². The summed E-state index contributed by atoms with van der Waals surface area (Å²) in [6, 6.07) is 0. The summed E-state index contributed by atoms with van der Waals surface area (Å²) in [7, 11) is -2.17. The summed E-state index contributed by atoms with van der Waals surface area (Å²) < 4.78 is 0. The van der Waals surface area contributed by atoms with Gasteiger partial charge in [-0.05, 0) is 6.16 Å². The minimum absolute atomic E-state index is 0. The van der Waals surface area contributed by atoms with Crippen molar-refractivity contribution in [1.82, 2.24) is 0 Å². The molecule has 0 aromatic rings. The normalized spacial score (nSPS) is 5.10. The summed E-state index contributed by atoms with van der Waals surface area (Å²) in [5.41, 5.74) is 0. The fraction of sp³-hybridized carbons (Fsp3) is 0. The van der Waals surface area contributed by atoms with E-state index in [9.17, 15) is 0 Å². The van der Waals surface area contributed by atoms with Gasteiger partial charge in [-0.2, -0.15) is 0 Å². The van der Waals surface area contributed by atoms with E-state index in [4.69, 9.17) is 30.1 Å². The Morgan fingerprint density at radius 3 is 1.10 bits per heavy atom. The van der Waals surface area contributed by atoms with Crippen molar-refractivity contribution in [1.29, 1.82) is 0 Å². The number of carbonyl (C=O) groups excluding carboxylic acids is 1. The summed E-state index contributed by atoms with van der Waals surface area (Å²) in [6.07, 6.45) is -2.33. The van der Waals surface area contributed by atoms with E-state index in [2.05, 4.69) is 0 Å². The Kier molecular flexibility index (Phi) is 37.5. The smallest absolute Gasteiger partial charge is 0.652 e. The maximum Gasteiger partial charge on any atom is 1.00 e. The van der Waals surface area contributed by atoms with Crippen LogP contribution in [0.15, 0.2) is 0 Å². The molecule has 0 aromatic carbocycles. The molecule has 0 amide bonds. The molecule has 9 heteroatoms. The predicted octanol–water partition coefficient (Wildman–Crippen LogP) is -10.5. The molecule has 0 spiro atoms. The third-order valence-corrected chi connectivity index (χ3v) is 0. The maximum absolute atomic E-state index is 8.33. The summed E-state index contributed by atoms with van der Waals surface area (Å²) in [5, 5.41) is 38.2. The zero-order chi connectivity index (χ0) is 7.15. The molecule has 0 aliphatic heterocycles. The van der Waals surface area contributed by atoms with E-state index in [1.807, 2.05) is 0 Å². The fourth-order valence-corrected chi connectivity index (χ4v) is 0. The van der Waals surface area contributed by atoms with Gasteiger partial charge < -0.3 is 30.1 Å². The van der Waals surface area contributed by atoms with Crippen LogP contribution in [0.25, 0.3) is 0 Å². The average molecular weight is 168 g/mol. The van der Waals surface area contributed by atoms with Crippen molar-refractivity contribution in [2.24, 2.45) is 0 Å². The van der Waals surface area contributed by atoms with Crippen molar-refractivity contribution >= 4 is 13.5 Å². The molecule has 0 heterocycles. The van der Waals surface area contributed by atoms with Crippen LogP contribution in [-0.4, -0.2) is 28.5 Å². The standard InChI is InChI=1S/CH2O3.BH3O3.2Na/c2*2-1(3)4;;/h(H2,2,3,4);2-4H;;/q;;2*+1/p-2. The molecule has 0 bridgehead atoms. The molecule has 48 valence electrons. The number of rotatable bonds is 0. The molecular weight excluding hydrogens is 165 g/mol. The summed E-state index contributed by atoms with van der Waals surface area (Å²) in [4.78, 5) is 8.33. The molecule has 0 aromatic heterocycles. The second-order valence-electron chi connectivity index (χ2n) is 0.596. The van der Waals surface area contributed by atoms with E-state index in [0.717, 1.165) is 0 Å². The third kappa shape index (κ3) is 421. The van der Waals surface area contributed by atoms with Gasteiger partial charge in [0.05, 0.1) is 0 Å². The molecule has 6 nitrogen and oxygen atoms in total. The third-order valence-electron chi connectivity index (χ3n) is 0. The Balaban J connectivity index is -0.0000000300. The van der Waals surface area contributed by atoms with E-state index < -0.39 is 13.5 Å². The minimum atomic E-state index is -2.33. The van der Waals surface area contributed by atoms with Crippen molar-refractivity contribution in [3.05, 3.63) is 0 Å². The van der Waals surface area contributed by atoms with E-state index in [0.29, 0.717) is 0 Å². The first-order valence-corrected chi connectivity index (χ1v) is 1.39. The van der Waals surface area contributed by atoms with Crippen LogP contribution in [0.1, 0.15) is 0 Å². The first-order chi connectivity index (χ1) is 3.46. The zero-order valence-corrected chi connectivity index (χ0v) is 9.64. The molecule has 3 N–H and O–H groups in total. The Morgan fingerprint density at radius 1 is 1.10 bits per heavy atom. The van der Waals surface area contributed by atoms with Gasteiger partial charge >= 0.3 is 66.4 Å². The van der Waals surface area contributed by atoms with Crippen LogP contribution in [0.2, 0.25) is 0 Å². The van der Waals surface area contributed by atoms with E-state index in [1.54, 1.807) is 0 Å². The van der Waals surface area contributed by atoms with Gasteiger partial charge in [0.1, 0.15) is 0 Å². The molecule has 0 unspecified atom stereocenters. The number of carbonyl (C=O) groups is 1.